The van der Waals surface area contributed by atoms with Gasteiger partial charge in [-0.15, -0.1) is 0 Å². The number of methoxy groups -OCH3 is 1. The Balaban J connectivity index is 1.55. The molecule has 1 saturated heterocycles. The highest BCUT2D eigenvalue weighted by Gasteiger charge is 2.34. The minimum atomic E-state index is -0.0447. The van der Waals surface area contributed by atoms with Crippen molar-refractivity contribution in [2.24, 2.45) is 13.0 Å². The Morgan fingerprint density at radius 2 is 2.28 bits per heavy atom. The molecule has 1 amide bonds. The number of rotatable bonds is 6. The Morgan fingerprint density at radius 1 is 1.44 bits per heavy atom. The van der Waals surface area contributed by atoms with Crippen molar-refractivity contribution in [3.8, 4) is 5.75 Å². The van der Waals surface area contributed by atoms with Crippen LogP contribution in [0.4, 0.5) is 0 Å². The lowest BCUT2D eigenvalue weighted by atomic mass is 9.90. The zero-order chi connectivity index (χ0) is 17.8. The molecule has 0 unspecified atom stereocenters. The van der Waals surface area contributed by atoms with Gasteiger partial charge in [0.25, 0.3) is 0 Å². The second-order valence-electron chi connectivity index (χ2n) is 6.66. The lowest BCUT2D eigenvalue weighted by molar-refractivity contribution is -0.124. The highest BCUT2D eigenvalue weighted by molar-refractivity contribution is 5.80. The summed E-state index contributed by atoms with van der Waals surface area (Å²) in [6.07, 6.45) is 4.65. The molecule has 2 atom stereocenters. The van der Waals surface area contributed by atoms with Crippen molar-refractivity contribution in [3.63, 3.8) is 0 Å². The predicted molar refractivity (Wildman–Crippen MR) is 96.8 cm³/mol. The fourth-order valence-corrected chi connectivity index (χ4v) is 3.42. The number of aromatic nitrogens is 2. The van der Waals surface area contributed by atoms with Gasteiger partial charge >= 0.3 is 0 Å². The summed E-state index contributed by atoms with van der Waals surface area (Å²) in [6.45, 7) is 4.18. The molecule has 6 nitrogen and oxygen atoms in total. The summed E-state index contributed by atoms with van der Waals surface area (Å²) in [4.78, 5) is 12.6. The van der Waals surface area contributed by atoms with Gasteiger partial charge in [-0.25, -0.2) is 0 Å². The van der Waals surface area contributed by atoms with Crippen molar-refractivity contribution in [2.45, 2.75) is 19.3 Å². The van der Waals surface area contributed by atoms with Gasteiger partial charge in [0.05, 0.1) is 19.2 Å². The standard InChI is InChI=1S/C19H26N4O2/c1-13-4-5-14(8-18(13)25-3)6-7-21-19(24)17-11-20-10-16(17)15-9-22-23(2)12-15/h4-5,8-9,12,16-17,20H,6-7,10-11H2,1-3H3,(H,21,24)/t16-,17+/m1/s1. The van der Waals surface area contributed by atoms with E-state index in [1.165, 1.54) is 0 Å². The van der Waals surface area contributed by atoms with Gasteiger partial charge in [0.1, 0.15) is 5.75 Å². The van der Waals surface area contributed by atoms with Gasteiger partial charge in [0.15, 0.2) is 0 Å². The first-order valence-electron chi connectivity index (χ1n) is 8.69. The van der Waals surface area contributed by atoms with E-state index in [-0.39, 0.29) is 17.7 Å². The number of carbonyl (C=O) groups is 1. The number of ether oxygens (including phenoxy) is 1. The molecular formula is C19H26N4O2. The van der Waals surface area contributed by atoms with Gasteiger partial charge in [-0.2, -0.15) is 5.10 Å². The molecule has 0 aliphatic carbocycles. The Kier molecular flexibility index (Phi) is 5.38. The first-order chi connectivity index (χ1) is 12.1. The molecule has 1 fully saturated rings. The molecule has 2 aromatic rings. The average molecular weight is 342 g/mol. The van der Waals surface area contributed by atoms with Crippen molar-refractivity contribution < 1.29 is 9.53 Å². The molecule has 25 heavy (non-hydrogen) atoms. The molecule has 1 aromatic heterocycles. The monoisotopic (exact) mass is 342 g/mol. The maximum atomic E-state index is 12.6. The summed E-state index contributed by atoms with van der Waals surface area (Å²) in [5.74, 6) is 1.14. The normalized spacial score (nSPS) is 19.8. The first kappa shape index (κ1) is 17.5. The van der Waals surface area contributed by atoms with Crippen LogP contribution >= 0.6 is 0 Å². The zero-order valence-electron chi connectivity index (χ0n) is 15.1. The highest BCUT2D eigenvalue weighted by atomic mass is 16.5. The molecule has 1 aliphatic rings. The fourth-order valence-electron chi connectivity index (χ4n) is 3.42. The minimum absolute atomic E-state index is 0.0447. The third kappa shape index (κ3) is 4.02. The van der Waals surface area contributed by atoms with Gasteiger partial charge in [0, 0.05) is 38.8 Å². The Hall–Kier alpha value is -2.34. The Labute approximate surface area is 148 Å². The van der Waals surface area contributed by atoms with Crippen molar-refractivity contribution in [3.05, 3.63) is 47.3 Å². The van der Waals surface area contributed by atoms with E-state index < -0.39 is 0 Å². The quantitative estimate of drug-likeness (QED) is 0.833. The van der Waals surface area contributed by atoms with Gasteiger partial charge in [-0.3, -0.25) is 9.48 Å². The largest absolute Gasteiger partial charge is 0.496 e. The van der Waals surface area contributed by atoms with Crippen molar-refractivity contribution in [1.82, 2.24) is 20.4 Å². The Morgan fingerprint density at radius 3 is 3.00 bits per heavy atom. The molecule has 0 saturated carbocycles. The van der Waals surface area contributed by atoms with Crippen molar-refractivity contribution >= 4 is 5.91 Å². The summed E-state index contributed by atoms with van der Waals surface area (Å²) < 4.78 is 7.14. The first-order valence-corrected chi connectivity index (χ1v) is 8.69. The lowest BCUT2D eigenvalue weighted by Gasteiger charge is -2.17. The van der Waals surface area contributed by atoms with Crippen LogP contribution in [0, 0.1) is 12.8 Å². The number of hydrogen-bond acceptors (Lipinski definition) is 4. The van der Waals surface area contributed by atoms with E-state index in [9.17, 15) is 4.79 Å². The molecule has 1 aromatic carbocycles. The molecule has 0 radical (unpaired) electrons. The summed E-state index contributed by atoms with van der Waals surface area (Å²) >= 11 is 0. The van der Waals surface area contributed by atoms with Crippen LogP contribution < -0.4 is 15.4 Å². The molecule has 1 aliphatic heterocycles. The maximum absolute atomic E-state index is 12.6. The molecule has 6 heteroatoms. The van der Waals surface area contributed by atoms with Crippen molar-refractivity contribution in [2.75, 3.05) is 26.7 Å². The second-order valence-corrected chi connectivity index (χ2v) is 6.66. The minimum Gasteiger partial charge on any atom is -0.496 e. The van der Waals surface area contributed by atoms with Crippen LogP contribution in [0.2, 0.25) is 0 Å². The van der Waals surface area contributed by atoms with Crippen LogP contribution in [-0.2, 0) is 18.3 Å². The maximum Gasteiger partial charge on any atom is 0.225 e. The summed E-state index contributed by atoms with van der Waals surface area (Å²) in [5.41, 5.74) is 3.40. The van der Waals surface area contributed by atoms with Gasteiger partial charge in [-0.1, -0.05) is 12.1 Å². The van der Waals surface area contributed by atoms with Crippen LogP contribution in [-0.4, -0.2) is 42.4 Å². The highest BCUT2D eigenvalue weighted by Crippen LogP contribution is 2.27. The van der Waals surface area contributed by atoms with Gasteiger partial charge < -0.3 is 15.4 Å². The topological polar surface area (TPSA) is 68.2 Å². The van der Waals surface area contributed by atoms with Crippen LogP contribution in [0.1, 0.15) is 22.6 Å². The van der Waals surface area contributed by atoms with Gasteiger partial charge in [0.2, 0.25) is 5.91 Å². The molecule has 2 heterocycles. The number of aryl methyl sites for hydroxylation is 2. The van der Waals surface area contributed by atoms with Gasteiger partial charge in [-0.05, 0) is 36.1 Å². The number of carbonyl (C=O) groups excluding carboxylic acids is 1. The number of benzene rings is 1. The van der Waals surface area contributed by atoms with Crippen LogP contribution in [0.5, 0.6) is 5.75 Å². The summed E-state index contributed by atoms with van der Waals surface area (Å²) in [6, 6.07) is 6.17. The summed E-state index contributed by atoms with van der Waals surface area (Å²) in [7, 11) is 3.58. The lowest BCUT2D eigenvalue weighted by Crippen LogP contribution is -2.35. The molecule has 3 rings (SSSR count). The van der Waals surface area contributed by atoms with Crippen LogP contribution in [0.15, 0.2) is 30.6 Å². The second kappa shape index (κ2) is 7.70. The average Bonchev–Trinajstić information content (AvgIpc) is 3.24. The number of nitrogens with one attached hydrogen (secondary N) is 2. The van der Waals surface area contributed by atoms with E-state index in [1.807, 2.05) is 32.4 Å². The predicted octanol–water partition coefficient (Wildman–Crippen LogP) is 1.40. The van der Waals surface area contributed by atoms with Crippen LogP contribution in [0.25, 0.3) is 0 Å². The van der Waals surface area contributed by atoms with E-state index in [1.54, 1.807) is 11.8 Å². The van der Waals surface area contributed by atoms with E-state index >= 15 is 0 Å². The SMILES string of the molecule is COc1cc(CCNC(=O)[C@H]2CNC[C@@H]2c2cnn(C)c2)ccc1C. The number of nitrogens with zero attached hydrogens (tertiary/aromatic N) is 2. The van der Waals surface area contributed by atoms with Crippen molar-refractivity contribution in [1.29, 1.82) is 0 Å². The van der Waals surface area contributed by atoms with E-state index in [0.29, 0.717) is 13.1 Å². The molecular weight excluding hydrogens is 316 g/mol. The zero-order valence-corrected chi connectivity index (χ0v) is 15.1. The molecule has 0 spiro atoms. The third-order valence-electron chi connectivity index (χ3n) is 4.89. The summed E-state index contributed by atoms with van der Waals surface area (Å²) in [5, 5.41) is 10.6. The number of amides is 1. The molecule has 2 N–H and O–H groups in total. The van der Waals surface area contributed by atoms with E-state index in [4.69, 9.17) is 4.74 Å². The molecule has 0 bridgehead atoms. The molecule has 134 valence electrons. The number of hydrogen-bond donors (Lipinski definition) is 2. The third-order valence-corrected chi connectivity index (χ3v) is 4.89. The fraction of sp³-hybridized carbons (Fsp3) is 0.474. The van der Waals surface area contributed by atoms with Crippen LogP contribution in [0.3, 0.4) is 0 Å². The van der Waals surface area contributed by atoms with E-state index in [2.05, 4.69) is 27.9 Å². The van der Waals surface area contributed by atoms with E-state index in [0.717, 1.165) is 35.4 Å². The Bertz CT molecular complexity index is 741. The smallest absolute Gasteiger partial charge is 0.225 e.